The third-order valence-electron chi connectivity index (χ3n) is 2.91. The summed E-state index contributed by atoms with van der Waals surface area (Å²) in [5.74, 6) is 0.188. The minimum atomic E-state index is -3.20. The van der Waals surface area contributed by atoms with E-state index in [1.807, 2.05) is 20.8 Å². The van der Waals surface area contributed by atoms with Crippen molar-refractivity contribution in [1.29, 1.82) is 0 Å². The molecule has 6 heteroatoms. The fourth-order valence-corrected chi connectivity index (χ4v) is 3.80. The fraction of sp³-hybridized carbons (Fsp3) is 1.00. The zero-order valence-corrected chi connectivity index (χ0v) is 11.8. The molecule has 1 atom stereocenters. The molecule has 2 N–H and O–H groups in total. The van der Waals surface area contributed by atoms with Gasteiger partial charge in [0.05, 0.1) is 25.0 Å². The molecular weight excluding hydrogens is 240 g/mol. The topological polar surface area (TPSA) is 72.6 Å². The van der Waals surface area contributed by atoms with Crippen molar-refractivity contribution in [3.05, 3.63) is 0 Å². The van der Waals surface area contributed by atoms with E-state index in [-0.39, 0.29) is 17.2 Å². The number of morpholine rings is 1. The molecule has 0 bridgehead atoms. The van der Waals surface area contributed by atoms with Crippen molar-refractivity contribution < 1.29 is 13.2 Å². The number of nitrogens with zero attached hydrogens (tertiary/aromatic N) is 1. The van der Waals surface area contributed by atoms with Gasteiger partial charge < -0.3 is 10.5 Å². The lowest BCUT2D eigenvalue weighted by Gasteiger charge is -2.34. The second-order valence-electron chi connectivity index (χ2n) is 5.70. The highest BCUT2D eigenvalue weighted by Crippen LogP contribution is 2.21. The van der Waals surface area contributed by atoms with Gasteiger partial charge in [0.1, 0.15) is 0 Å². The zero-order chi connectivity index (χ0) is 13.1. The van der Waals surface area contributed by atoms with E-state index in [1.165, 1.54) is 4.31 Å². The van der Waals surface area contributed by atoms with Gasteiger partial charge in [-0.3, -0.25) is 0 Å². The van der Waals surface area contributed by atoms with Crippen LogP contribution in [0.15, 0.2) is 0 Å². The van der Waals surface area contributed by atoms with Crippen LogP contribution in [0.2, 0.25) is 0 Å². The molecule has 0 amide bonds. The average molecular weight is 264 g/mol. The maximum Gasteiger partial charge on any atom is 0.214 e. The summed E-state index contributed by atoms with van der Waals surface area (Å²) < 4.78 is 31.2. The van der Waals surface area contributed by atoms with Crippen molar-refractivity contribution in [3.8, 4) is 0 Å². The van der Waals surface area contributed by atoms with Crippen molar-refractivity contribution in [2.45, 2.75) is 33.2 Å². The maximum absolute atomic E-state index is 12.2. The Morgan fingerprint density at radius 1 is 1.41 bits per heavy atom. The van der Waals surface area contributed by atoms with Crippen LogP contribution in [0, 0.1) is 5.41 Å². The summed E-state index contributed by atoms with van der Waals surface area (Å²) in [5, 5.41) is 0. The number of hydrogen-bond donors (Lipinski definition) is 1. The van der Waals surface area contributed by atoms with Crippen LogP contribution < -0.4 is 5.73 Å². The highest BCUT2D eigenvalue weighted by atomic mass is 32.2. The molecule has 0 spiro atoms. The van der Waals surface area contributed by atoms with Crippen LogP contribution in [0.25, 0.3) is 0 Å². The second kappa shape index (κ2) is 5.65. The molecular formula is C11H24N2O3S. The van der Waals surface area contributed by atoms with Gasteiger partial charge in [0.2, 0.25) is 10.0 Å². The predicted molar refractivity (Wildman–Crippen MR) is 68.2 cm³/mol. The van der Waals surface area contributed by atoms with Gasteiger partial charge in [0.15, 0.2) is 0 Å². The first-order valence-corrected chi connectivity index (χ1v) is 7.64. The van der Waals surface area contributed by atoms with Crippen molar-refractivity contribution in [2.24, 2.45) is 11.1 Å². The van der Waals surface area contributed by atoms with Gasteiger partial charge in [-0.1, -0.05) is 20.8 Å². The van der Waals surface area contributed by atoms with Gasteiger partial charge >= 0.3 is 0 Å². The van der Waals surface area contributed by atoms with Gasteiger partial charge in [-0.25, -0.2) is 8.42 Å². The highest BCUT2D eigenvalue weighted by molar-refractivity contribution is 7.89. The normalized spacial score (nSPS) is 23.9. The van der Waals surface area contributed by atoms with Crippen molar-refractivity contribution in [2.75, 3.05) is 32.1 Å². The fourth-order valence-electron chi connectivity index (χ4n) is 1.74. The Morgan fingerprint density at radius 3 is 2.59 bits per heavy atom. The molecule has 0 radical (unpaired) electrons. The third kappa shape index (κ3) is 4.54. The Bertz CT molecular complexity index is 335. The maximum atomic E-state index is 12.2. The molecule has 5 nitrogen and oxygen atoms in total. The van der Waals surface area contributed by atoms with Gasteiger partial charge in [-0.05, 0) is 11.8 Å². The molecule has 0 saturated carbocycles. The molecule has 1 aliphatic heterocycles. The summed E-state index contributed by atoms with van der Waals surface area (Å²) in [5.41, 5.74) is 5.61. The molecule has 1 saturated heterocycles. The van der Waals surface area contributed by atoms with Crippen LogP contribution in [-0.4, -0.2) is 50.8 Å². The van der Waals surface area contributed by atoms with Gasteiger partial charge in [0.25, 0.3) is 0 Å². The number of hydrogen-bond acceptors (Lipinski definition) is 4. The lowest BCUT2D eigenvalue weighted by Crippen LogP contribution is -2.52. The first kappa shape index (κ1) is 14.9. The monoisotopic (exact) mass is 264 g/mol. The van der Waals surface area contributed by atoms with E-state index in [0.717, 1.165) is 0 Å². The van der Waals surface area contributed by atoms with E-state index in [0.29, 0.717) is 32.7 Å². The summed E-state index contributed by atoms with van der Waals surface area (Å²) in [6.45, 7) is 7.74. The number of ether oxygens (including phenoxy) is 1. The third-order valence-corrected chi connectivity index (χ3v) is 4.83. The van der Waals surface area contributed by atoms with E-state index in [2.05, 4.69) is 0 Å². The molecule has 0 aromatic rings. The number of nitrogens with two attached hydrogens (primary N) is 1. The molecule has 0 aromatic carbocycles. The van der Waals surface area contributed by atoms with E-state index in [9.17, 15) is 8.42 Å². The molecule has 1 aliphatic rings. The number of sulfonamides is 1. The SMILES string of the molecule is CC(C)(C)CCS(=O)(=O)N1CCOCC1CN. The lowest BCUT2D eigenvalue weighted by molar-refractivity contribution is 0.0357. The van der Waals surface area contributed by atoms with Crippen LogP contribution in [0.5, 0.6) is 0 Å². The van der Waals surface area contributed by atoms with Gasteiger partial charge in [-0.2, -0.15) is 4.31 Å². The Labute approximate surface area is 104 Å². The Kier molecular flexibility index (Phi) is 4.95. The van der Waals surface area contributed by atoms with E-state index < -0.39 is 10.0 Å². The minimum absolute atomic E-state index is 0.0254. The lowest BCUT2D eigenvalue weighted by atomic mass is 9.94. The summed E-state index contributed by atoms with van der Waals surface area (Å²) in [7, 11) is -3.20. The molecule has 17 heavy (non-hydrogen) atoms. The minimum Gasteiger partial charge on any atom is -0.378 e. The first-order chi connectivity index (χ1) is 7.76. The number of rotatable bonds is 4. The Morgan fingerprint density at radius 2 is 2.06 bits per heavy atom. The summed E-state index contributed by atoms with van der Waals surface area (Å²) in [6.07, 6.45) is 0.657. The molecule has 0 aliphatic carbocycles. The molecule has 1 rings (SSSR count). The van der Waals surface area contributed by atoms with Crippen LogP contribution >= 0.6 is 0 Å². The van der Waals surface area contributed by atoms with E-state index in [4.69, 9.17) is 10.5 Å². The Hall–Kier alpha value is -0.170. The van der Waals surface area contributed by atoms with E-state index in [1.54, 1.807) is 0 Å². The summed E-state index contributed by atoms with van der Waals surface area (Å²) in [4.78, 5) is 0. The largest absolute Gasteiger partial charge is 0.378 e. The molecule has 1 fully saturated rings. The van der Waals surface area contributed by atoms with Gasteiger partial charge in [-0.15, -0.1) is 0 Å². The van der Waals surface area contributed by atoms with Crippen LogP contribution in [0.3, 0.4) is 0 Å². The molecule has 102 valence electrons. The van der Waals surface area contributed by atoms with Crippen LogP contribution in [-0.2, 0) is 14.8 Å². The zero-order valence-electron chi connectivity index (χ0n) is 11.0. The predicted octanol–water partition coefficient (Wildman–Crippen LogP) is 0.412. The van der Waals surface area contributed by atoms with Crippen molar-refractivity contribution >= 4 is 10.0 Å². The average Bonchev–Trinajstić information content (AvgIpc) is 2.26. The standard InChI is InChI=1S/C11H24N2O3S/c1-11(2,3)4-7-17(14,15)13-5-6-16-9-10(13)8-12/h10H,4-9,12H2,1-3H3. The quantitative estimate of drug-likeness (QED) is 0.798. The van der Waals surface area contributed by atoms with Crippen molar-refractivity contribution in [1.82, 2.24) is 4.31 Å². The van der Waals surface area contributed by atoms with E-state index >= 15 is 0 Å². The first-order valence-electron chi connectivity index (χ1n) is 6.03. The second-order valence-corrected chi connectivity index (χ2v) is 7.74. The van der Waals surface area contributed by atoms with Crippen LogP contribution in [0.1, 0.15) is 27.2 Å². The smallest absolute Gasteiger partial charge is 0.214 e. The molecule has 1 unspecified atom stereocenters. The molecule has 1 heterocycles. The Balaban J connectivity index is 2.68. The highest BCUT2D eigenvalue weighted by Gasteiger charge is 2.32. The summed E-state index contributed by atoms with van der Waals surface area (Å²) in [6, 6.07) is -0.200. The van der Waals surface area contributed by atoms with Crippen molar-refractivity contribution in [3.63, 3.8) is 0 Å². The summed E-state index contributed by atoms with van der Waals surface area (Å²) >= 11 is 0. The van der Waals surface area contributed by atoms with Gasteiger partial charge in [0, 0.05) is 13.1 Å². The van der Waals surface area contributed by atoms with Crippen LogP contribution in [0.4, 0.5) is 0 Å². The molecule has 0 aromatic heterocycles.